The van der Waals surface area contributed by atoms with Gasteiger partial charge >= 0.3 is 0 Å². The minimum atomic E-state index is -0.497. The van der Waals surface area contributed by atoms with E-state index in [0.717, 1.165) is 39.6 Å². The third kappa shape index (κ3) is 6.23. The van der Waals surface area contributed by atoms with Crippen LogP contribution < -0.4 is 5.32 Å². The van der Waals surface area contributed by atoms with E-state index in [1.54, 1.807) is 18.0 Å². The van der Waals surface area contributed by atoms with Crippen molar-refractivity contribution < 1.29 is 19.4 Å². The Balaban J connectivity index is 1.50. The summed E-state index contributed by atoms with van der Waals surface area (Å²) in [5.74, 6) is 0.706. The lowest BCUT2D eigenvalue weighted by Crippen LogP contribution is -2.31. The molecule has 3 aromatic rings. The van der Waals surface area contributed by atoms with Crippen LogP contribution in [0.3, 0.4) is 0 Å². The van der Waals surface area contributed by atoms with E-state index in [0.29, 0.717) is 6.54 Å². The number of hydrogen-bond acceptors (Lipinski definition) is 6. The highest BCUT2D eigenvalue weighted by Crippen LogP contribution is 2.39. The molecule has 2 heterocycles. The van der Waals surface area contributed by atoms with Gasteiger partial charge in [0.2, 0.25) is 5.91 Å². The van der Waals surface area contributed by atoms with Crippen molar-refractivity contribution in [3.63, 3.8) is 0 Å². The molecule has 1 amide bonds. The first-order valence-corrected chi connectivity index (χ1v) is 11.9. The van der Waals surface area contributed by atoms with Crippen molar-refractivity contribution >= 4 is 17.7 Å². The first kappa shape index (κ1) is 23.5. The second kappa shape index (κ2) is 11.0. The number of aromatic nitrogens is 2. The first-order valence-electron chi connectivity index (χ1n) is 11.0. The second-order valence-corrected chi connectivity index (χ2v) is 9.12. The van der Waals surface area contributed by atoms with Crippen LogP contribution in [0.1, 0.15) is 48.0 Å². The van der Waals surface area contributed by atoms with Gasteiger partial charge in [-0.25, -0.2) is 4.98 Å². The molecule has 1 aliphatic heterocycles. The fraction of sp³-hybridized carbons (Fsp3) is 0.360. The van der Waals surface area contributed by atoms with Gasteiger partial charge in [-0.15, -0.1) is 0 Å². The Morgan fingerprint density at radius 1 is 1.12 bits per heavy atom. The third-order valence-electron chi connectivity index (χ3n) is 5.58. The molecule has 0 radical (unpaired) electrons. The summed E-state index contributed by atoms with van der Waals surface area (Å²) in [6, 6.07) is 15.8. The van der Waals surface area contributed by atoms with Crippen LogP contribution in [0.5, 0.6) is 0 Å². The Kier molecular flexibility index (Phi) is 7.82. The number of carbonyl (C=O) groups excluding carboxylic acids is 1. The maximum atomic E-state index is 11.2. The number of ether oxygens (including phenoxy) is 2. The first-order chi connectivity index (χ1) is 16.0. The van der Waals surface area contributed by atoms with Crippen LogP contribution in [-0.2, 0) is 34.5 Å². The highest BCUT2D eigenvalue weighted by molar-refractivity contribution is 7.99. The van der Waals surface area contributed by atoms with E-state index in [1.807, 2.05) is 66.3 Å². The normalized spacial score (nSPS) is 20.5. The van der Waals surface area contributed by atoms with E-state index < -0.39 is 6.29 Å². The highest BCUT2D eigenvalue weighted by atomic mass is 32.2. The number of nitrogens with one attached hydrogen (secondary N) is 1. The van der Waals surface area contributed by atoms with E-state index in [2.05, 4.69) is 10.3 Å². The monoisotopic (exact) mass is 467 g/mol. The molecule has 0 bridgehead atoms. The number of nitrogens with zero attached hydrogens (tertiary/aromatic N) is 2. The molecular formula is C25H29N3O4S. The minimum absolute atomic E-state index is 0.0192. The predicted molar refractivity (Wildman–Crippen MR) is 126 cm³/mol. The Morgan fingerprint density at radius 3 is 2.45 bits per heavy atom. The van der Waals surface area contributed by atoms with E-state index in [9.17, 15) is 9.90 Å². The van der Waals surface area contributed by atoms with Gasteiger partial charge < -0.3 is 24.5 Å². The Labute approximate surface area is 198 Å². The molecular weight excluding hydrogens is 438 g/mol. The van der Waals surface area contributed by atoms with Crippen molar-refractivity contribution in [1.29, 1.82) is 0 Å². The fourth-order valence-electron chi connectivity index (χ4n) is 3.70. The maximum Gasteiger partial charge on any atom is 0.217 e. The van der Waals surface area contributed by atoms with Crippen molar-refractivity contribution in [1.82, 2.24) is 14.9 Å². The number of carbonyl (C=O) groups is 1. The SMILES string of the molecule is CC(=O)NCc1ccc([C@@H]2O[C@H](CSc3nccn3C)C[C@H](c3ccc(CO)cc3)O2)cc1. The summed E-state index contributed by atoms with van der Waals surface area (Å²) in [5.41, 5.74) is 3.89. The molecule has 1 fully saturated rings. The van der Waals surface area contributed by atoms with Gasteiger partial charge in [-0.3, -0.25) is 4.79 Å². The smallest absolute Gasteiger partial charge is 0.217 e. The molecule has 0 spiro atoms. The van der Waals surface area contributed by atoms with Gasteiger partial charge in [-0.2, -0.15) is 0 Å². The van der Waals surface area contributed by atoms with Gasteiger partial charge in [0.15, 0.2) is 11.4 Å². The maximum absolute atomic E-state index is 11.2. The molecule has 4 rings (SSSR count). The molecule has 3 atom stereocenters. The lowest BCUT2D eigenvalue weighted by Gasteiger charge is -2.36. The van der Waals surface area contributed by atoms with Crippen LogP contribution in [0.15, 0.2) is 66.1 Å². The number of benzene rings is 2. The van der Waals surface area contributed by atoms with Crippen LogP contribution >= 0.6 is 11.8 Å². The number of imidazole rings is 1. The van der Waals surface area contributed by atoms with Crippen molar-refractivity contribution in [3.05, 3.63) is 83.2 Å². The largest absolute Gasteiger partial charge is 0.392 e. The van der Waals surface area contributed by atoms with Crippen molar-refractivity contribution in [2.45, 2.75) is 50.2 Å². The Hall–Kier alpha value is -2.65. The van der Waals surface area contributed by atoms with E-state index >= 15 is 0 Å². The number of rotatable bonds is 8. The average molecular weight is 468 g/mol. The predicted octanol–water partition coefficient (Wildman–Crippen LogP) is 3.89. The summed E-state index contributed by atoms with van der Waals surface area (Å²) >= 11 is 1.67. The number of thioether (sulfide) groups is 1. The van der Waals surface area contributed by atoms with Gasteiger partial charge in [-0.1, -0.05) is 60.3 Å². The standard InChI is InChI=1S/C25H29N3O4S/c1-17(30)27-14-18-3-9-21(10-4-18)24-31-22(16-33-25-26-11-12-28(25)2)13-23(32-24)20-7-5-19(15-29)6-8-20/h3-12,22-24,29H,13-16H2,1-2H3,(H,27,30)/t22-,23+,24+/m0/s1. The summed E-state index contributed by atoms with van der Waals surface area (Å²) in [6.45, 7) is 2.02. The molecule has 1 aliphatic rings. The zero-order valence-corrected chi connectivity index (χ0v) is 19.6. The van der Waals surface area contributed by atoms with Crippen LogP contribution in [-0.4, -0.2) is 32.4 Å². The Morgan fingerprint density at radius 2 is 1.82 bits per heavy atom. The molecule has 33 heavy (non-hydrogen) atoms. The summed E-state index contributed by atoms with van der Waals surface area (Å²) in [4.78, 5) is 15.6. The molecule has 174 valence electrons. The molecule has 0 saturated carbocycles. The third-order valence-corrected chi connectivity index (χ3v) is 6.77. The van der Waals surface area contributed by atoms with Crippen molar-refractivity contribution in [3.8, 4) is 0 Å². The lowest BCUT2D eigenvalue weighted by molar-refractivity contribution is -0.245. The van der Waals surface area contributed by atoms with E-state index in [1.165, 1.54) is 6.92 Å². The number of aryl methyl sites for hydroxylation is 1. The molecule has 0 unspecified atom stereocenters. The number of amides is 1. The Bertz CT molecular complexity index is 1050. The van der Waals surface area contributed by atoms with Gasteiger partial charge in [0.1, 0.15) is 0 Å². The van der Waals surface area contributed by atoms with Crippen LogP contribution in [0.25, 0.3) is 0 Å². The van der Waals surface area contributed by atoms with E-state index in [-0.39, 0.29) is 24.7 Å². The zero-order valence-electron chi connectivity index (χ0n) is 18.8. The number of aliphatic hydroxyl groups excluding tert-OH is 1. The fourth-order valence-corrected chi connectivity index (χ4v) is 4.65. The average Bonchev–Trinajstić information content (AvgIpc) is 3.26. The molecule has 2 N–H and O–H groups in total. The van der Waals surface area contributed by atoms with Gasteiger partial charge in [0, 0.05) is 50.6 Å². The second-order valence-electron chi connectivity index (χ2n) is 8.13. The lowest BCUT2D eigenvalue weighted by atomic mass is 10.0. The van der Waals surface area contributed by atoms with Crippen LogP contribution in [0, 0.1) is 0 Å². The quantitative estimate of drug-likeness (QED) is 0.489. The van der Waals surface area contributed by atoms with Crippen molar-refractivity contribution in [2.75, 3.05) is 5.75 Å². The minimum Gasteiger partial charge on any atom is -0.392 e. The highest BCUT2D eigenvalue weighted by Gasteiger charge is 2.32. The van der Waals surface area contributed by atoms with Crippen molar-refractivity contribution in [2.24, 2.45) is 7.05 Å². The van der Waals surface area contributed by atoms with Gasteiger partial charge in [0.25, 0.3) is 0 Å². The van der Waals surface area contributed by atoms with Gasteiger partial charge in [0.05, 0.1) is 18.8 Å². The summed E-state index contributed by atoms with van der Waals surface area (Å²) < 4.78 is 14.7. The summed E-state index contributed by atoms with van der Waals surface area (Å²) in [5, 5.41) is 13.1. The molecule has 7 nitrogen and oxygen atoms in total. The van der Waals surface area contributed by atoms with Gasteiger partial charge in [-0.05, 0) is 16.7 Å². The molecule has 1 aromatic heterocycles. The molecule has 2 aromatic carbocycles. The topological polar surface area (TPSA) is 85.6 Å². The number of hydrogen-bond donors (Lipinski definition) is 2. The van der Waals surface area contributed by atoms with Crippen LogP contribution in [0.4, 0.5) is 0 Å². The zero-order chi connectivity index (χ0) is 23.2. The molecule has 1 saturated heterocycles. The van der Waals surface area contributed by atoms with Crippen LogP contribution in [0.2, 0.25) is 0 Å². The summed E-state index contributed by atoms with van der Waals surface area (Å²) in [7, 11) is 1.98. The summed E-state index contributed by atoms with van der Waals surface area (Å²) in [6.07, 6.45) is 3.82. The molecule has 8 heteroatoms. The number of aliphatic hydroxyl groups is 1. The molecule has 0 aliphatic carbocycles. The van der Waals surface area contributed by atoms with E-state index in [4.69, 9.17) is 9.47 Å².